The maximum Gasteiger partial charge on any atom is 0.183 e. The summed E-state index contributed by atoms with van der Waals surface area (Å²) in [5.74, 6) is 0.652. The van der Waals surface area contributed by atoms with E-state index in [0.717, 1.165) is 18.3 Å². The van der Waals surface area contributed by atoms with E-state index in [1.807, 2.05) is 0 Å². The molecule has 0 spiro atoms. The van der Waals surface area contributed by atoms with Crippen LogP contribution in [0.4, 0.5) is 5.13 Å². The van der Waals surface area contributed by atoms with E-state index in [2.05, 4.69) is 17.2 Å². The largest absolute Gasteiger partial charge is 0.383 e. The van der Waals surface area contributed by atoms with Gasteiger partial charge in [0.2, 0.25) is 0 Å². The van der Waals surface area contributed by atoms with Crippen molar-refractivity contribution in [3.63, 3.8) is 0 Å². The fourth-order valence-corrected chi connectivity index (χ4v) is 2.87. The average molecular weight is 212 g/mol. The van der Waals surface area contributed by atoms with Gasteiger partial charge in [0.1, 0.15) is 0 Å². The minimum atomic E-state index is 0.652. The predicted molar refractivity (Wildman–Crippen MR) is 59.2 cm³/mol. The monoisotopic (exact) mass is 212 g/mol. The third-order valence-corrected chi connectivity index (χ3v) is 3.67. The third kappa shape index (κ3) is 1.91. The highest BCUT2D eigenvalue weighted by molar-refractivity contribution is 7.15. The van der Waals surface area contributed by atoms with Gasteiger partial charge in [-0.05, 0) is 18.8 Å². The van der Waals surface area contributed by atoms with Gasteiger partial charge in [0.25, 0.3) is 0 Å². The molecule has 3 nitrogen and oxygen atoms in total. The van der Waals surface area contributed by atoms with Crippen LogP contribution in [0.25, 0.3) is 0 Å². The predicted octanol–water partition coefficient (Wildman–Crippen LogP) is 2.25. The SMILES string of the molecule is COCCNc1nc2c(s1)CCC2C. The Morgan fingerprint density at radius 1 is 1.64 bits per heavy atom. The number of methoxy groups -OCH3 is 1. The molecular weight excluding hydrogens is 196 g/mol. The number of hydrogen-bond acceptors (Lipinski definition) is 4. The summed E-state index contributed by atoms with van der Waals surface area (Å²) in [7, 11) is 1.71. The molecule has 78 valence electrons. The van der Waals surface area contributed by atoms with Crippen molar-refractivity contribution in [1.82, 2.24) is 4.98 Å². The normalized spacial score (nSPS) is 19.7. The van der Waals surface area contributed by atoms with Crippen molar-refractivity contribution in [2.45, 2.75) is 25.7 Å². The van der Waals surface area contributed by atoms with Gasteiger partial charge < -0.3 is 10.1 Å². The molecular formula is C10H16N2OS. The maximum absolute atomic E-state index is 4.98. The highest BCUT2D eigenvalue weighted by atomic mass is 32.1. The highest BCUT2D eigenvalue weighted by Gasteiger charge is 2.23. The van der Waals surface area contributed by atoms with Crippen LogP contribution in [0.3, 0.4) is 0 Å². The second-order valence-corrected chi connectivity index (χ2v) is 4.77. The quantitative estimate of drug-likeness (QED) is 0.777. The molecule has 1 atom stereocenters. The summed E-state index contributed by atoms with van der Waals surface area (Å²) in [5.41, 5.74) is 1.31. The Hall–Kier alpha value is -0.610. The molecule has 0 amide bonds. The lowest BCUT2D eigenvalue weighted by Crippen LogP contribution is -2.07. The number of aryl methyl sites for hydroxylation is 1. The molecule has 14 heavy (non-hydrogen) atoms. The lowest BCUT2D eigenvalue weighted by atomic mass is 10.1. The van der Waals surface area contributed by atoms with Gasteiger partial charge in [-0.1, -0.05) is 6.92 Å². The molecule has 0 saturated heterocycles. The molecule has 1 heterocycles. The van der Waals surface area contributed by atoms with Gasteiger partial charge in [-0.3, -0.25) is 0 Å². The Balaban J connectivity index is 1.97. The van der Waals surface area contributed by atoms with Crippen molar-refractivity contribution in [2.75, 3.05) is 25.6 Å². The van der Waals surface area contributed by atoms with Gasteiger partial charge in [-0.2, -0.15) is 0 Å². The number of nitrogens with zero attached hydrogens (tertiary/aromatic N) is 1. The van der Waals surface area contributed by atoms with Crippen LogP contribution in [-0.2, 0) is 11.2 Å². The van der Waals surface area contributed by atoms with Crippen LogP contribution in [0, 0.1) is 0 Å². The van der Waals surface area contributed by atoms with Crippen LogP contribution >= 0.6 is 11.3 Å². The zero-order valence-corrected chi connectivity index (χ0v) is 9.49. The summed E-state index contributed by atoms with van der Waals surface area (Å²) in [5, 5.41) is 4.33. The number of aromatic nitrogens is 1. The molecule has 0 fully saturated rings. The van der Waals surface area contributed by atoms with E-state index < -0.39 is 0 Å². The van der Waals surface area contributed by atoms with Crippen LogP contribution in [-0.4, -0.2) is 25.2 Å². The summed E-state index contributed by atoms with van der Waals surface area (Å²) < 4.78 is 4.98. The topological polar surface area (TPSA) is 34.1 Å². The van der Waals surface area contributed by atoms with Gasteiger partial charge in [0.05, 0.1) is 12.3 Å². The van der Waals surface area contributed by atoms with Gasteiger partial charge in [0, 0.05) is 18.5 Å². The van der Waals surface area contributed by atoms with Crippen molar-refractivity contribution in [3.05, 3.63) is 10.6 Å². The second-order valence-electron chi connectivity index (χ2n) is 3.69. The van der Waals surface area contributed by atoms with Gasteiger partial charge in [0.15, 0.2) is 5.13 Å². The van der Waals surface area contributed by atoms with Crippen molar-refractivity contribution < 1.29 is 4.74 Å². The molecule has 0 aliphatic heterocycles. The van der Waals surface area contributed by atoms with Crippen molar-refractivity contribution in [2.24, 2.45) is 0 Å². The van der Waals surface area contributed by atoms with E-state index in [9.17, 15) is 0 Å². The fourth-order valence-electron chi connectivity index (χ4n) is 1.75. The number of fused-ring (bicyclic) bond motifs is 1. The Morgan fingerprint density at radius 3 is 3.21 bits per heavy atom. The van der Waals surface area contributed by atoms with E-state index in [1.165, 1.54) is 23.4 Å². The summed E-state index contributed by atoms with van der Waals surface area (Å²) >= 11 is 1.80. The highest BCUT2D eigenvalue weighted by Crippen LogP contribution is 2.37. The minimum Gasteiger partial charge on any atom is -0.383 e. The van der Waals surface area contributed by atoms with Crippen LogP contribution < -0.4 is 5.32 Å². The molecule has 4 heteroatoms. The summed E-state index contributed by atoms with van der Waals surface area (Å²) in [6, 6.07) is 0. The lowest BCUT2D eigenvalue weighted by molar-refractivity contribution is 0.211. The van der Waals surface area contributed by atoms with E-state index in [4.69, 9.17) is 4.74 Å². The average Bonchev–Trinajstić information content (AvgIpc) is 2.70. The van der Waals surface area contributed by atoms with E-state index in [-0.39, 0.29) is 0 Å². The molecule has 1 aromatic rings. The smallest absolute Gasteiger partial charge is 0.183 e. The van der Waals surface area contributed by atoms with Crippen LogP contribution in [0.2, 0.25) is 0 Å². The van der Waals surface area contributed by atoms with Gasteiger partial charge in [-0.25, -0.2) is 4.98 Å². The zero-order valence-electron chi connectivity index (χ0n) is 8.67. The Bertz CT molecular complexity index is 311. The molecule has 0 radical (unpaired) electrons. The molecule has 1 unspecified atom stereocenters. The summed E-state index contributed by atoms with van der Waals surface area (Å²) in [4.78, 5) is 6.07. The standard InChI is InChI=1S/C10H16N2OS/c1-7-3-4-8-9(7)12-10(14-8)11-5-6-13-2/h7H,3-6H2,1-2H3,(H,11,12). The van der Waals surface area contributed by atoms with Crippen molar-refractivity contribution in [1.29, 1.82) is 0 Å². The fraction of sp³-hybridized carbons (Fsp3) is 0.700. The van der Waals surface area contributed by atoms with Crippen LogP contribution in [0.5, 0.6) is 0 Å². The van der Waals surface area contributed by atoms with Crippen LogP contribution in [0.1, 0.15) is 29.8 Å². The zero-order chi connectivity index (χ0) is 9.97. The number of ether oxygens (including phenoxy) is 1. The van der Waals surface area contributed by atoms with E-state index in [0.29, 0.717) is 5.92 Å². The van der Waals surface area contributed by atoms with E-state index in [1.54, 1.807) is 18.4 Å². The molecule has 0 aromatic carbocycles. The van der Waals surface area contributed by atoms with E-state index >= 15 is 0 Å². The minimum absolute atomic E-state index is 0.652. The Kier molecular flexibility index (Phi) is 3.03. The van der Waals surface area contributed by atoms with Gasteiger partial charge in [-0.15, -0.1) is 11.3 Å². The lowest BCUT2D eigenvalue weighted by Gasteiger charge is -2.01. The number of nitrogens with one attached hydrogen (secondary N) is 1. The molecule has 2 rings (SSSR count). The summed E-state index contributed by atoms with van der Waals surface area (Å²) in [6.07, 6.45) is 2.48. The first-order valence-corrected chi connectivity index (χ1v) is 5.85. The summed E-state index contributed by atoms with van der Waals surface area (Å²) in [6.45, 7) is 3.83. The molecule has 0 saturated carbocycles. The number of thiazole rings is 1. The number of rotatable bonds is 4. The second kappa shape index (κ2) is 4.28. The molecule has 1 aliphatic carbocycles. The number of hydrogen-bond donors (Lipinski definition) is 1. The molecule has 1 N–H and O–H groups in total. The molecule has 1 aromatic heterocycles. The first kappa shape index (κ1) is 9.93. The maximum atomic E-state index is 4.98. The van der Waals surface area contributed by atoms with Crippen LogP contribution in [0.15, 0.2) is 0 Å². The first-order valence-electron chi connectivity index (χ1n) is 5.03. The van der Waals surface area contributed by atoms with Crippen molar-refractivity contribution >= 4 is 16.5 Å². The van der Waals surface area contributed by atoms with Crippen molar-refractivity contribution in [3.8, 4) is 0 Å². The molecule has 0 bridgehead atoms. The first-order chi connectivity index (χ1) is 6.81. The Labute approximate surface area is 88.5 Å². The number of anilines is 1. The molecule has 1 aliphatic rings. The van der Waals surface area contributed by atoms with Gasteiger partial charge >= 0.3 is 0 Å². The third-order valence-electron chi connectivity index (χ3n) is 2.58. The Morgan fingerprint density at radius 2 is 2.50 bits per heavy atom.